The summed E-state index contributed by atoms with van der Waals surface area (Å²) in [6, 6.07) is 2.26. The lowest BCUT2D eigenvalue weighted by Crippen LogP contribution is -2.27. The average molecular weight is 364 g/mol. The Labute approximate surface area is 157 Å². The van der Waals surface area contributed by atoms with Crippen LogP contribution in [0.3, 0.4) is 0 Å². The highest BCUT2D eigenvalue weighted by Crippen LogP contribution is 2.35. The average Bonchev–Trinajstić information content (AvgIpc) is 3.02. The lowest BCUT2D eigenvalue weighted by Gasteiger charge is -2.19. The minimum Gasteiger partial charge on any atom is -0.309 e. The van der Waals surface area contributed by atoms with Gasteiger partial charge >= 0.3 is 6.03 Å². The van der Waals surface area contributed by atoms with E-state index in [-0.39, 0.29) is 6.03 Å². The van der Waals surface area contributed by atoms with Crippen molar-refractivity contribution in [1.82, 2.24) is 9.62 Å². The zero-order valence-electron chi connectivity index (χ0n) is 16.4. The molecule has 140 valence electrons. The van der Waals surface area contributed by atoms with Gasteiger partial charge in [0.05, 0.1) is 0 Å². The summed E-state index contributed by atoms with van der Waals surface area (Å²) >= 11 is 1.50. The van der Waals surface area contributed by atoms with Gasteiger partial charge < -0.3 is 10.2 Å². The Morgan fingerprint density at radius 3 is 2.68 bits per heavy atom. The molecule has 0 bridgehead atoms. The second kappa shape index (κ2) is 9.48. The van der Waals surface area contributed by atoms with E-state index in [1.807, 2.05) is 0 Å². The van der Waals surface area contributed by atoms with Crippen molar-refractivity contribution in [3.8, 4) is 0 Å². The molecule has 1 atom stereocenters. The lowest BCUT2D eigenvalue weighted by atomic mass is 9.94. The van der Waals surface area contributed by atoms with E-state index in [2.05, 4.69) is 55.9 Å². The van der Waals surface area contributed by atoms with Crippen molar-refractivity contribution in [2.75, 3.05) is 31.7 Å². The summed E-state index contributed by atoms with van der Waals surface area (Å²) in [5.41, 5.74) is 6.55. The van der Waals surface area contributed by atoms with Crippen LogP contribution in [0.1, 0.15) is 49.4 Å². The van der Waals surface area contributed by atoms with Gasteiger partial charge in [-0.3, -0.25) is 4.72 Å². The summed E-state index contributed by atoms with van der Waals surface area (Å²) < 4.78 is 2.96. The van der Waals surface area contributed by atoms with Crippen LogP contribution in [0.4, 0.5) is 10.5 Å². The van der Waals surface area contributed by atoms with Crippen LogP contribution in [-0.4, -0.2) is 37.3 Å². The van der Waals surface area contributed by atoms with Crippen molar-refractivity contribution in [2.45, 2.75) is 52.9 Å². The number of hydrogen-bond acceptors (Lipinski definition) is 3. The first-order valence-corrected chi connectivity index (χ1v) is 10.4. The second-order valence-corrected chi connectivity index (χ2v) is 8.15. The number of carbonyl (C=O) groups is 1. The summed E-state index contributed by atoms with van der Waals surface area (Å²) in [6.45, 7) is 7.61. The normalized spacial score (nSPS) is 14.5. The van der Waals surface area contributed by atoms with Gasteiger partial charge in [-0.15, -0.1) is 0 Å². The molecular weight excluding hydrogens is 330 g/mol. The zero-order chi connectivity index (χ0) is 18.4. The van der Waals surface area contributed by atoms with Gasteiger partial charge in [0.2, 0.25) is 0 Å². The summed E-state index contributed by atoms with van der Waals surface area (Å²) in [6.07, 6.45) is 5.38. The molecule has 2 rings (SSSR count). The van der Waals surface area contributed by atoms with Gasteiger partial charge in [0.15, 0.2) is 0 Å². The van der Waals surface area contributed by atoms with E-state index in [9.17, 15) is 4.79 Å². The highest BCUT2D eigenvalue weighted by molar-refractivity contribution is 7.97. The third-order valence-electron chi connectivity index (χ3n) is 4.78. The van der Waals surface area contributed by atoms with Crippen LogP contribution in [0.25, 0.3) is 0 Å². The fourth-order valence-electron chi connectivity index (χ4n) is 3.79. The molecule has 0 spiro atoms. The molecule has 2 amide bonds. The molecule has 0 fully saturated rings. The minimum absolute atomic E-state index is 0.0980. The van der Waals surface area contributed by atoms with E-state index in [0.29, 0.717) is 5.92 Å². The van der Waals surface area contributed by atoms with Crippen LogP contribution in [-0.2, 0) is 25.7 Å². The van der Waals surface area contributed by atoms with Crippen molar-refractivity contribution < 1.29 is 4.79 Å². The van der Waals surface area contributed by atoms with E-state index < -0.39 is 0 Å². The molecule has 5 heteroatoms. The Bertz CT molecular complexity index is 601. The maximum absolute atomic E-state index is 12.4. The molecule has 25 heavy (non-hydrogen) atoms. The molecule has 0 aromatic heterocycles. The molecule has 0 radical (unpaired) electrons. The van der Waals surface area contributed by atoms with Gasteiger partial charge in [0.1, 0.15) is 0 Å². The molecule has 1 unspecified atom stereocenters. The number of anilines is 1. The third kappa shape index (κ3) is 5.38. The quantitative estimate of drug-likeness (QED) is 0.678. The van der Waals surface area contributed by atoms with Crippen LogP contribution in [0.15, 0.2) is 6.07 Å². The number of rotatable bonds is 8. The number of aryl methyl sites for hydroxylation is 2. The molecule has 4 nitrogen and oxygen atoms in total. The van der Waals surface area contributed by atoms with Gasteiger partial charge in [0, 0.05) is 18.0 Å². The number of amides is 2. The van der Waals surface area contributed by atoms with Gasteiger partial charge in [-0.1, -0.05) is 26.8 Å². The maximum Gasteiger partial charge on any atom is 0.329 e. The molecule has 1 aliphatic rings. The molecular formula is C20H33N3OS. The van der Waals surface area contributed by atoms with Crippen LogP contribution in [0.2, 0.25) is 0 Å². The van der Waals surface area contributed by atoms with Gasteiger partial charge in [-0.05, 0) is 86.3 Å². The van der Waals surface area contributed by atoms with Crippen LogP contribution < -0.4 is 10.0 Å². The summed E-state index contributed by atoms with van der Waals surface area (Å²) in [7, 11) is 4.16. The number of urea groups is 1. The van der Waals surface area contributed by atoms with E-state index in [1.165, 1.54) is 40.6 Å². The largest absolute Gasteiger partial charge is 0.329 e. The minimum atomic E-state index is -0.0980. The molecule has 1 aliphatic carbocycles. The van der Waals surface area contributed by atoms with Crippen LogP contribution >= 0.6 is 11.9 Å². The molecule has 1 aromatic carbocycles. The number of nitrogens with one attached hydrogen (secondary N) is 2. The molecule has 2 N–H and O–H groups in total. The van der Waals surface area contributed by atoms with Crippen LogP contribution in [0, 0.1) is 5.92 Å². The van der Waals surface area contributed by atoms with Crippen molar-refractivity contribution in [3.05, 3.63) is 28.3 Å². The zero-order valence-corrected chi connectivity index (χ0v) is 17.2. The van der Waals surface area contributed by atoms with E-state index in [0.717, 1.165) is 43.7 Å². The first-order chi connectivity index (χ1) is 12.0. The first-order valence-electron chi connectivity index (χ1n) is 9.46. The summed E-state index contributed by atoms with van der Waals surface area (Å²) in [5.74, 6) is 1.46. The highest BCUT2D eigenvalue weighted by Gasteiger charge is 2.21. The predicted molar refractivity (Wildman–Crippen MR) is 110 cm³/mol. The number of nitrogens with zero attached hydrogens (tertiary/aromatic N) is 1. The highest BCUT2D eigenvalue weighted by atomic mass is 32.2. The van der Waals surface area contributed by atoms with Gasteiger partial charge in [-0.25, -0.2) is 4.79 Å². The molecule has 0 heterocycles. The van der Waals surface area contributed by atoms with Crippen molar-refractivity contribution in [3.63, 3.8) is 0 Å². The van der Waals surface area contributed by atoms with E-state index in [1.54, 1.807) is 0 Å². The predicted octanol–water partition coefficient (Wildman–Crippen LogP) is 4.27. The van der Waals surface area contributed by atoms with E-state index in [4.69, 9.17) is 0 Å². The van der Waals surface area contributed by atoms with Gasteiger partial charge in [0.25, 0.3) is 0 Å². The Kier molecular flexibility index (Phi) is 7.63. The first kappa shape index (κ1) is 20.1. The fourth-order valence-corrected chi connectivity index (χ4v) is 4.44. The fraction of sp³-hybridized carbons (Fsp3) is 0.650. The smallest absolute Gasteiger partial charge is 0.309 e. The molecule has 1 aromatic rings. The maximum atomic E-state index is 12.4. The number of carbonyl (C=O) groups excluding carboxylic acids is 1. The van der Waals surface area contributed by atoms with Gasteiger partial charge in [-0.2, -0.15) is 0 Å². The standard InChI is InChI=1S/C20H33N3OS/c1-6-15-11-16-9-8-10-18(16)19(17(15)7-2)21-20(24)22-25-13-14(3)12-23(4)5/h11,14H,6-10,12-13H2,1-5H3,(H2,21,22,24). The monoisotopic (exact) mass is 363 g/mol. The summed E-state index contributed by atoms with van der Waals surface area (Å²) in [4.78, 5) is 14.6. The molecule has 0 saturated carbocycles. The van der Waals surface area contributed by atoms with E-state index >= 15 is 0 Å². The number of benzene rings is 1. The Morgan fingerprint density at radius 1 is 1.28 bits per heavy atom. The third-order valence-corrected chi connectivity index (χ3v) is 5.85. The Hall–Kier alpha value is -1.20. The molecule has 0 aliphatic heterocycles. The second-order valence-electron chi connectivity index (χ2n) is 7.32. The summed E-state index contributed by atoms with van der Waals surface area (Å²) in [5, 5.41) is 3.17. The molecule has 0 saturated heterocycles. The SMILES string of the molecule is CCc1cc2c(c(NC(=O)NSCC(C)CN(C)C)c1CC)CCC2. The van der Waals surface area contributed by atoms with Crippen molar-refractivity contribution in [2.24, 2.45) is 5.92 Å². The Morgan fingerprint density at radius 2 is 2.04 bits per heavy atom. The lowest BCUT2D eigenvalue weighted by molar-refractivity contribution is 0.257. The number of hydrogen-bond donors (Lipinski definition) is 2. The topological polar surface area (TPSA) is 44.4 Å². The van der Waals surface area contributed by atoms with Crippen LogP contribution in [0.5, 0.6) is 0 Å². The van der Waals surface area contributed by atoms with Crippen molar-refractivity contribution >= 4 is 23.7 Å². The Balaban J connectivity index is 2.02. The number of fused-ring (bicyclic) bond motifs is 1. The van der Waals surface area contributed by atoms with Crippen molar-refractivity contribution in [1.29, 1.82) is 0 Å².